The highest BCUT2D eigenvalue weighted by Gasteiger charge is 2.43. The molecule has 2 amide bonds. The van der Waals surface area contributed by atoms with Crippen molar-refractivity contribution < 1.29 is 14.3 Å². The lowest BCUT2D eigenvalue weighted by molar-refractivity contribution is -0.145. The summed E-state index contributed by atoms with van der Waals surface area (Å²) < 4.78 is 5.49. The number of carbonyl (C=O) groups excluding carboxylic acids is 2. The van der Waals surface area contributed by atoms with Crippen LogP contribution in [-0.2, 0) is 22.7 Å². The SMILES string of the molecule is COc1cccc(CN(Cc2ccccc2C)C2CCN(C(=O)C3CC3)[C@@H](C(=O)NC3CCC(N)CC3)C2)c1. The molecule has 7 heteroatoms. The highest BCUT2D eigenvalue weighted by molar-refractivity contribution is 5.89. The second kappa shape index (κ2) is 12.5. The lowest BCUT2D eigenvalue weighted by Gasteiger charge is -2.43. The van der Waals surface area contributed by atoms with Gasteiger partial charge in [0.15, 0.2) is 0 Å². The van der Waals surface area contributed by atoms with Crippen LogP contribution in [0.25, 0.3) is 0 Å². The van der Waals surface area contributed by atoms with Gasteiger partial charge in [-0.3, -0.25) is 14.5 Å². The standard InChI is InChI=1S/C32H44N4O3/c1-22-6-3-4-8-25(22)21-35(20-23-7-5-9-29(18-23)39-2)28-16-17-36(32(38)24-10-11-24)30(19-28)31(37)34-27-14-12-26(33)13-15-27/h3-9,18,24,26-28,30H,10-17,19-21,33H2,1-2H3,(H,34,37)/t26?,27?,28?,30-/m1/s1. The van der Waals surface area contributed by atoms with Gasteiger partial charge in [0.25, 0.3) is 0 Å². The number of piperidine rings is 1. The first-order chi connectivity index (χ1) is 18.9. The van der Waals surface area contributed by atoms with Crippen molar-refractivity contribution in [1.82, 2.24) is 15.1 Å². The van der Waals surface area contributed by atoms with Gasteiger partial charge in [0.05, 0.1) is 7.11 Å². The Morgan fingerprint density at radius 2 is 1.77 bits per heavy atom. The van der Waals surface area contributed by atoms with Gasteiger partial charge in [0.1, 0.15) is 11.8 Å². The number of carbonyl (C=O) groups is 2. The van der Waals surface area contributed by atoms with Crippen LogP contribution in [0.1, 0.15) is 68.1 Å². The molecule has 5 rings (SSSR count). The molecule has 0 bridgehead atoms. The minimum absolute atomic E-state index is 0.00592. The number of ether oxygens (including phenoxy) is 1. The zero-order valence-corrected chi connectivity index (χ0v) is 23.5. The number of nitrogens with one attached hydrogen (secondary N) is 1. The molecule has 1 unspecified atom stereocenters. The zero-order chi connectivity index (χ0) is 27.4. The van der Waals surface area contributed by atoms with Crippen molar-refractivity contribution in [3.05, 3.63) is 65.2 Å². The van der Waals surface area contributed by atoms with Gasteiger partial charge in [-0.05, 0) is 87.1 Å². The molecule has 2 aromatic rings. The number of aryl methyl sites for hydroxylation is 1. The molecule has 1 aliphatic heterocycles. The molecular formula is C32H44N4O3. The van der Waals surface area contributed by atoms with Crippen LogP contribution in [0.4, 0.5) is 0 Å². The molecule has 2 aliphatic carbocycles. The van der Waals surface area contributed by atoms with Crippen molar-refractivity contribution in [3.8, 4) is 5.75 Å². The molecule has 3 N–H and O–H groups in total. The highest BCUT2D eigenvalue weighted by Crippen LogP contribution is 2.35. The topological polar surface area (TPSA) is 87.9 Å². The maximum atomic E-state index is 13.8. The summed E-state index contributed by atoms with van der Waals surface area (Å²) in [4.78, 5) is 31.4. The van der Waals surface area contributed by atoms with E-state index >= 15 is 0 Å². The number of amides is 2. The molecule has 2 atom stereocenters. The van der Waals surface area contributed by atoms with Crippen LogP contribution in [-0.4, -0.2) is 59.4 Å². The number of benzene rings is 2. The van der Waals surface area contributed by atoms with Crippen molar-refractivity contribution in [1.29, 1.82) is 0 Å². The molecule has 0 radical (unpaired) electrons. The van der Waals surface area contributed by atoms with Crippen molar-refractivity contribution in [2.45, 2.75) is 95.5 Å². The molecule has 39 heavy (non-hydrogen) atoms. The minimum atomic E-state index is -0.433. The van der Waals surface area contributed by atoms with Crippen LogP contribution in [0.15, 0.2) is 48.5 Å². The third-order valence-electron chi connectivity index (χ3n) is 8.88. The van der Waals surface area contributed by atoms with Gasteiger partial charge in [-0.2, -0.15) is 0 Å². The van der Waals surface area contributed by atoms with Crippen molar-refractivity contribution in [2.24, 2.45) is 11.7 Å². The third kappa shape index (κ3) is 7.00. The summed E-state index contributed by atoms with van der Waals surface area (Å²) in [5.41, 5.74) is 9.83. The molecule has 0 aromatic heterocycles. The van der Waals surface area contributed by atoms with Gasteiger partial charge in [-0.25, -0.2) is 0 Å². The molecule has 3 fully saturated rings. The summed E-state index contributed by atoms with van der Waals surface area (Å²) >= 11 is 0. The Balaban J connectivity index is 1.37. The Hall–Kier alpha value is -2.90. The van der Waals surface area contributed by atoms with Gasteiger partial charge >= 0.3 is 0 Å². The number of nitrogens with two attached hydrogens (primary N) is 1. The van der Waals surface area contributed by atoms with Crippen molar-refractivity contribution >= 4 is 11.8 Å². The van der Waals surface area contributed by atoms with E-state index in [2.05, 4.69) is 53.5 Å². The minimum Gasteiger partial charge on any atom is -0.497 e. The van der Waals surface area contributed by atoms with Crippen molar-refractivity contribution in [2.75, 3.05) is 13.7 Å². The summed E-state index contributed by atoms with van der Waals surface area (Å²) in [7, 11) is 1.69. The first kappa shape index (κ1) is 27.7. The first-order valence-electron chi connectivity index (χ1n) is 14.7. The molecule has 2 aromatic carbocycles. The first-order valence-corrected chi connectivity index (χ1v) is 14.7. The average Bonchev–Trinajstić information content (AvgIpc) is 3.80. The van der Waals surface area contributed by atoms with Crippen LogP contribution >= 0.6 is 0 Å². The number of likely N-dealkylation sites (tertiary alicyclic amines) is 1. The molecule has 2 saturated carbocycles. The monoisotopic (exact) mass is 532 g/mol. The molecule has 210 valence electrons. The van der Waals surface area contributed by atoms with E-state index in [9.17, 15) is 9.59 Å². The van der Waals surface area contributed by atoms with Crippen LogP contribution in [0.5, 0.6) is 5.75 Å². The number of hydrogen-bond acceptors (Lipinski definition) is 5. The van der Waals surface area contributed by atoms with Crippen molar-refractivity contribution in [3.63, 3.8) is 0 Å². The van der Waals surface area contributed by atoms with E-state index in [-0.39, 0.29) is 35.9 Å². The van der Waals surface area contributed by atoms with Crippen LogP contribution in [0.3, 0.4) is 0 Å². The Morgan fingerprint density at radius 1 is 1.00 bits per heavy atom. The summed E-state index contributed by atoms with van der Waals surface area (Å²) in [6.07, 6.45) is 7.10. The maximum Gasteiger partial charge on any atom is 0.243 e. The van der Waals surface area contributed by atoms with E-state index in [1.807, 2.05) is 17.0 Å². The molecular weight excluding hydrogens is 488 g/mol. The lowest BCUT2D eigenvalue weighted by atomic mass is 9.90. The van der Waals surface area contributed by atoms with Gasteiger partial charge in [0.2, 0.25) is 11.8 Å². The lowest BCUT2D eigenvalue weighted by Crippen LogP contribution is -2.59. The smallest absolute Gasteiger partial charge is 0.243 e. The highest BCUT2D eigenvalue weighted by atomic mass is 16.5. The Kier molecular flexibility index (Phi) is 8.88. The number of hydrogen-bond donors (Lipinski definition) is 2. The zero-order valence-electron chi connectivity index (χ0n) is 23.5. The van der Waals surface area contributed by atoms with E-state index in [0.717, 1.165) is 63.8 Å². The predicted octanol–water partition coefficient (Wildman–Crippen LogP) is 4.16. The fourth-order valence-electron chi connectivity index (χ4n) is 6.24. The Bertz CT molecular complexity index is 1140. The van der Waals surface area contributed by atoms with Gasteiger partial charge < -0.3 is 20.7 Å². The van der Waals surface area contributed by atoms with Gasteiger partial charge in [-0.15, -0.1) is 0 Å². The fourth-order valence-corrected chi connectivity index (χ4v) is 6.24. The number of nitrogens with zero attached hydrogens (tertiary/aromatic N) is 2. The third-order valence-corrected chi connectivity index (χ3v) is 8.88. The predicted molar refractivity (Wildman–Crippen MR) is 153 cm³/mol. The number of methoxy groups -OCH3 is 1. The molecule has 7 nitrogen and oxygen atoms in total. The maximum absolute atomic E-state index is 13.8. The molecule has 1 saturated heterocycles. The van der Waals surface area contributed by atoms with E-state index in [1.54, 1.807) is 7.11 Å². The van der Waals surface area contributed by atoms with Crippen LogP contribution in [0, 0.1) is 12.8 Å². The van der Waals surface area contributed by atoms with E-state index in [0.29, 0.717) is 13.0 Å². The van der Waals surface area contributed by atoms with Crippen LogP contribution < -0.4 is 15.8 Å². The summed E-state index contributed by atoms with van der Waals surface area (Å²) in [6, 6.07) is 16.9. The molecule has 1 heterocycles. The number of rotatable bonds is 9. The Morgan fingerprint density at radius 3 is 2.49 bits per heavy atom. The largest absolute Gasteiger partial charge is 0.497 e. The second-order valence-corrected chi connectivity index (χ2v) is 11.8. The average molecular weight is 533 g/mol. The van der Waals surface area contributed by atoms with E-state index < -0.39 is 6.04 Å². The van der Waals surface area contributed by atoms with Gasteiger partial charge in [-0.1, -0.05) is 36.4 Å². The van der Waals surface area contributed by atoms with E-state index in [4.69, 9.17) is 10.5 Å². The molecule has 0 spiro atoms. The fraction of sp³-hybridized carbons (Fsp3) is 0.562. The van der Waals surface area contributed by atoms with Gasteiger partial charge in [0, 0.05) is 43.7 Å². The summed E-state index contributed by atoms with van der Waals surface area (Å²) in [6.45, 7) is 4.32. The van der Waals surface area contributed by atoms with Crippen LogP contribution in [0.2, 0.25) is 0 Å². The normalized spacial score (nSPS) is 25.4. The Labute approximate surface area is 233 Å². The second-order valence-electron chi connectivity index (χ2n) is 11.8. The van der Waals surface area contributed by atoms with E-state index in [1.165, 1.54) is 16.7 Å². The quantitative estimate of drug-likeness (QED) is 0.506. The molecule has 3 aliphatic rings. The summed E-state index contributed by atoms with van der Waals surface area (Å²) in [5.74, 6) is 1.12. The summed E-state index contributed by atoms with van der Waals surface area (Å²) in [5, 5.41) is 3.31.